The Labute approximate surface area is 182 Å². The van der Waals surface area contributed by atoms with E-state index in [-0.39, 0.29) is 25.1 Å². The number of carbonyl (C=O) groups is 1. The normalized spacial score (nSPS) is 25.8. The van der Waals surface area contributed by atoms with Gasteiger partial charge in [0.1, 0.15) is 29.3 Å². The number of esters is 1. The van der Waals surface area contributed by atoms with Gasteiger partial charge in [-0.25, -0.2) is 4.79 Å². The summed E-state index contributed by atoms with van der Waals surface area (Å²) in [6.45, 7) is 3.76. The molecule has 3 rings (SSSR count). The Morgan fingerprint density at radius 3 is 2.74 bits per heavy atom. The van der Waals surface area contributed by atoms with Crippen molar-refractivity contribution in [2.24, 2.45) is 0 Å². The Morgan fingerprint density at radius 1 is 1.19 bits per heavy atom. The highest BCUT2D eigenvalue weighted by molar-refractivity contribution is 5.97. The van der Waals surface area contributed by atoms with E-state index in [0.29, 0.717) is 29.9 Å². The molecule has 0 radical (unpaired) electrons. The largest absolute Gasteiger partial charge is 0.497 e. The zero-order chi connectivity index (χ0) is 22.4. The van der Waals surface area contributed by atoms with Crippen LogP contribution in [0.4, 0.5) is 0 Å². The van der Waals surface area contributed by atoms with Crippen LogP contribution in [-0.2, 0) is 18.9 Å². The van der Waals surface area contributed by atoms with Gasteiger partial charge < -0.3 is 33.5 Å². The van der Waals surface area contributed by atoms with E-state index in [9.17, 15) is 9.90 Å². The summed E-state index contributed by atoms with van der Waals surface area (Å²) in [5, 5.41) is 10.5. The van der Waals surface area contributed by atoms with E-state index in [2.05, 4.69) is 0 Å². The lowest BCUT2D eigenvalue weighted by Gasteiger charge is -2.20. The highest BCUT2D eigenvalue weighted by atomic mass is 16.8. The van der Waals surface area contributed by atoms with Gasteiger partial charge in [-0.05, 0) is 38.3 Å². The summed E-state index contributed by atoms with van der Waals surface area (Å²) < 4.78 is 33.3. The molecule has 8 nitrogen and oxygen atoms in total. The van der Waals surface area contributed by atoms with Crippen LogP contribution in [0.15, 0.2) is 30.4 Å². The summed E-state index contributed by atoms with van der Waals surface area (Å²) in [6.07, 6.45) is 6.31. The molecule has 1 aromatic carbocycles. The number of methoxy groups -OCH3 is 2. The molecule has 3 atom stereocenters. The third-order valence-corrected chi connectivity index (χ3v) is 4.95. The van der Waals surface area contributed by atoms with Crippen LogP contribution >= 0.6 is 0 Å². The second-order valence-electron chi connectivity index (χ2n) is 7.76. The maximum atomic E-state index is 12.9. The number of cyclic esters (lactones) is 1. The van der Waals surface area contributed by atoms with Gasteiger partial charge in [-0.1, -0.05) is 24.3 Å². The van der Waals surface area contributed by atoms with Gasteiger partial charge in [-0.3, -0.25) is 0 Å². The van der Waals surface area contributed by atoms with Gasteiger partial charge in [0.2, 0.25) is 0 Å². The number of aliphatic hydroxyl groups excluding tert-OH is 1. The van der Waals surface area contributed by atoms with Crippen LogP contribution in [-0.4, -0.2) is 62.8 Å². The quantitative estimate of drug-likeness (QED) is 0.439. The molecule has 1 saturated heterocycles. The molecule has 0 spiro atoms. The smallest absolute Gasteiger partial charge is 0.342 e. The number of hydrogen-bond acceptors (Lipinski definition) is 8. The molecule has 1 unspecified atom stereocenters. The minimum atomic E-state index is -0.833. The van der Waals surface area contributed by atoms with Crippen molar-refractivity contribution in [1.82, 2.24) is 0 Å². The second-order valence-corrected chi connectivity index (χ2v) is 7.76. The Balaban J connectivity index is 1.98. The fourth-order valence-electron chi connectivity index (χ4n) is 3.62. The molecule has 8 heteroatoms. The average molecular weight is 434 g/mol. The fraction of sp³-hybridized carbons (Fsp3) is 0.522. The standard InChI is InChI=1S/C23H30O8/c1-23(2)30-18-10-7-8-15-12-16(27-4)13-19(29-14-26-3)20(15)22(25)28-11-6-5-9-17(24)21(18)31-23/h5,7-9,12-13,17-18,21,24H,6,10-11,14H2,1-4H3/t17?,18-,21+/m0/s1. The van der Waals surface area contributed by atoms with Crippen molar-refractivity contribution in [3.05, 3.63) is 41.5 Å². The molecule has 31 heavy (non-hydrogen) atoms. The van der Waals surface area contributed by atoms with Crippen molar-refractivity contribution < 1.29 is 38.3 Å². The van der Waals surface area contributed by atoms with Crippen molar-refractivity contribution in [3.8, 4) is 11.5 Å². The van der Waals surface area contributed by atoms with E-state index >= 15 is 0 Å². The molecular weight excluding hydrogens is 404 g/mol. The fourth-order valence-corrected chi connectivity index (χ4v) is 3.62. The molecule has 0 saturated carbocycles. The maximum absolute atomic E-state index is 12.9. The topological polar surface area (TPSA) is 92.7 Å². The first-order valence-electron chi connectivity index (χ1n) is 10.2. The van der Waals surface area contributed by atoms with Crippen LogP contribution in [0.25, 0.3) is 6.08 Å². The summed E-state index contributed by atoms with van der Waals surface area (Å²) in [5.41, 5.74) is 0.869. The van der Waals surface area contributed by atoms with Crippen molar-refractivity contribution in [2.75, 3.05) is 27.6 Å². The summed E-state index contributed by atoms with van der Waals surface area (Å²) in [4.78, 5) is 12.9. The Kier molecular flexibility index (Phi) is 7.72. The summed E-state index contributed by atoms with van der Waals surface area (Å²) in [7, 11) is 3.04. The Morgan fingerprint density at radius 2 is 2.00 bits per heavy atom. The number of fused-ring (bicyclic) bond motifs is 2. The summed E-state index contributed by atoms with van der Waals surface area (Å²) in [6, 6.07) is 3.36. The predicted octanol–water partition coefficient (Wildman–Crippen LogP) is 3.08. The van der Waals surface area contributed by atoms with E-state index in [1.165, 1.54) is 14.2 Å². The number of carbonyl (C=O) groups excluding carboxylic acids is 1. The predicted molar refractivity (Wildman–Crippen MR) is 113 cm³/mol. The molecule has 0 bridgehead atoms. The first kappa shape index (κ1) is 23.3. The highest BCUT2D eigenvalue weighted by Crippen LogP contribution is 2.34. The van der Waals surface area contributed by atoms with Crippen LogP contribution in [0.2, 0.25) is 0 Å². The monoisotopic (exact) mass is 434 g/mol. The molecule has 2 aliphatic rings. The molecular formula is C23H30O8. The number of ether oxygens (including phenoxy) is 6. The minimum absolute atomic E-state index is 0.0265. The molecule has 0 amide bonds. The summed E-state index contributed by atoms with van der Waals surface area (Å²) in [5.74, 6) is -0.476. The van der Waals surface area contributed by atoms with Crippen LogP contribution in [0.3, 0.4) is 0 Å². The van der Waals surface area contributed by atoms with Crippen molar-refractivity contribution in [2.45, 2.75) is 50.8 Å². The van der Waals surface area contributed by atoms with Crippen LogP contribution < -0.4 is 9.47 Å². The van der Waals surface area contributed by atoms with Gasteiger partial charge in [-0.15, -0.1) is 0 Å². The van der Waals surface area contributed by atoms with Crippen molar-refractivity contribution in [1.29, 1.82) is 0 Å². The number of hydrogen-bond donors (Lipinski definition) is 1. The van der Waals surface area contributed by atoms with E-state index in [1.54, 1.807) is 30.4 Å². The van der Waals surface area contributed by atoms with Crippen LogP contribution in [0.1, 0.15) is 42.6 Å². The van der Waals surface area contributed by atoms with E-state index < -0.39 is 24.0 Å². The third-order valence-electron chi connectivity index (χ3n) is 4.95. The maximum Gasteiger partial charge on any atom is 0.342 e. The van der Waals surface area contributed by atoms with E-state index in [0.717, 1.165) is 0 Å². The molecule has 1 fully saturated rings. The number of benzene rings is 1. The average Bonchev–Trinajstić information content (AvgIpc) is 3.05. The molecule has 170 valence electrons. The lowest BCUT2D eigenvalue weighted by molar-refractivity contribution is -0.152. The second kappa shape index (κ2) is 10.3. The Bertz CT molecular complexity index is 829. The molecule has 1 N–H and O–H groups in total. The van der Waals surface area contributed by atoms with Gasteiger partial charge >= 0.3 is 5.97 Å². The first-order chi connectivity index (χ1) is 14.8. The zero-order valence-electron chi connectivity index (χ0n) is 18.3. The van der Waals surface area contributed by atoms with Crippen molar-refractivity contribution in [3.63, 3.8) is 0 Å². The van der Waals surface area contributed by atoms with Gasteiger partial charge in [-0.2, -0.15) is 0 Å². The zero-order valence-corrected chi connectivity index (χ0v) is 18.3. The molecule has 2 aliphatic heterocycles. The number of rotatable bonds is 4. The van der Waals surface area contributed by atoms with E-state index in [4.69, 9.17) is 28.4 Å². The van der Waals surface area contributed by atoms with Gasteiger partial charge in [0, 0.05) is 13.2 Å². The first-order valence-corrected chi connectivity index (χ1v) is 10.2. The van der Waals surface area contributed by atoms with Crippen molar-refractivity contribution >= 4 is 12.0 Å². The third kappa shape index (κ3) is 5.86. The van der Waals surface area contributed by atoms with Gasteiger partial charge in [0.15, 0.2) is 12.6 Å². The van der Waals surface area contributed by atoms with Gasteiger partial charge in [0.25, 0.3) is 0 Å². The van der Waals surface area contributed by atoms with Crippen LogP contribution in [0, 0.1) is 0 Å². The molecule has 0 aliphatic carbocycles. The molecule has 0 aromatic heterocycles. The Hall–Kier alpha value is -2.39. The SMILES string of the molecule is COCOc1cc(OC)cc2c1C(=O)OCCC=CC(O)[C@H]1OC(C)(C)O[C@H]1CC=C2. The minimum Gasteiger partial charge on any atom is -0.497 e. The number of aliphatic hydroxyl groups is 1. The molecule has 2 heterocycles. The lowest BCUT2D eigenvalue weighted by Crippen LogP contribution is -2.34. The summed E-state index contributed by atoms with van der Waals surface area (Å²) >= 11 is 0. The van der Waals surface area contributed by atoms with Crippen LogP contribution in [0.5, 0.6) is 11.5 Å². The lowest BCUT2D eigenvalue weighted by atomic mass is 10.0. The van der Waals surface area contributed by atoms with Gasteiger partial charge in [0.05, 0.1) is 19.8 Å². The van der Waals surface area contributed by atoms with E-state index in [1.807, 2.05) is 19.9 Å². The molecule has 1 aromatic rings. The highest BCUT2D eigenvalue weighted by Gasteiger charge is 2.43.